The Hall–Kier alpha value is -1.42. The second-order valence-corrected chi connectivity index (χ2v) is 4.39. The first-order valence-corrected chi connectivity index (χ1v) is 5.64. The molecule has 0 radical (unpaired) electrons. The highest BCUT2D eigenvalue weighted by Gasteiger charge is 2.17. The number of nitro groups is 1. The molecule has 0 unspecified atom stereocenters. The Morgan fingerprint density at radius 3 is 2.81 bits per heavy atom. The summed E-state index contributed by atoms with van der Waals surface area (Å²) < 4.78 is 0. The van der Waals surface area contributed by atoms with Crippen LogP contribution in [0.25, 0.3) is 0 Å². The second-order valence-electron chi connectivity index (χ2n) is 4.39. The Balaban J connectivity index is 2.03. The number of nitro benzene ring substituents is 1. The van der Waals surface area contributed by atoms with Crippen molar-refractivity contribution in [1.29, 1.82) is 0 Å². The molecule has 0 bridgehead atoms. The number of nitrogens with one attached hydrogen (secondary N) is 1. The average Bonchev–Trinajstić information content (AvgIpc) is 2.17. The van der Waals surface area contributed by atoms with Crippen LogP contribution >= 0.6 is 0 Å². The van der Waals surface area contributed by atoms with E-state index < -0.39 is 0 Å². The lowest BCUT2D eigenvalue weighted by molar-refractivity contribution is -0.385. The lowest BCUT2D eigenvalue weighted by Gasteiger charge is -2.26. The number of hydrogen-bond donors (Lipinski definition) is 1. The number of benzene rings is 1. The van der Waals surface area contributed by atoms with Gasteiger partial charge >= 0.3 is 0 Å². The van der Waals surface area contributed by atoms with E-state index in [0.29, 0.717) is 6.04 Å². The van der Waals surface area contributed by atoms with Gasteiger partial charge in [0.1, 0.15) is 0 Å². The van der Waals surface area contributed by atoms with Gasteiger partial charge in [-0.25, -0.2) is 0 Å². The Morgan fingerprint density at radius 2 is 2.25 bits per heavy atom. The van der Waals surface area contributed by atoms with Crippen LogP contribution in [0.3, 0.4) is 0 Å². The zero-order valence-electron chi connectivity index (χ0n) is 9.40. The molecule has 0 aromatic heterocycles. The number of nitrogens with zero attached hydrogens (tertiary/aromatic N) is 1. The lowest BCUT2D eigenvalue weighted by atomic mass is 9.93. The summed E-state index contributed by atoms with van der Waals surface area (Å²) in [7, 11) is 0. The van der Waals surface area contributed by atoms with E-state index in [0.717, 1.165) is 17.7 Å². The third kappa shape index (κ3) is 2.39. The molecular weight excluding hydrogens is 204 g/mol. The Bertz CT molecular complexity index is 400. The van der Waals surface area contributed by atoms with Crippen molar-refractivity contribution in [2.75, 3.05) is 0 Å². The van der Waals surface area contributed by atoms with Gasteiger partial charge in [0.2, 0.25) is 0 Å². The number of aryl methyl sites for hydroxylation is 1. The normalized spacial score (nSPS) is 15.8. The van der Waals surface area contributed by atoms with Gasteiger partial charge in [0.05, 0.1) is 4.92 Å². The van der Waals surface area contributed by atoms with Crippen LogP contribution in [-0.4, -0.2) is 11.0 Å². The van der Waals surface area contributed by atoms with Gasteiger partial charge in [-0.2, -0.15) is 0 Å². The summed E-state index contributed by atoms with van der Waals surface area (Å²) in [6, 6.07) is 6.05. The molecule has 1 saturated carbocycles. The first-order chi connectivity index (χ1) is 7.66. The van der Waals surface area contributed by atoms with Crippen LogP contribution < -0.4 is 5.32 Å². The minimum Gasteiger partial charge on any atom is -0.310 e. The Labute approximate surface area is 94.8 Å². The molecular formula is C12H16N2O2. The van der Waals surface area contributed by atoms with E-state index in [2.05, 4.69) is 5.32 Å². The van der Waals surface area contributed by atoms with Crippen molar-refractivity contribution in [3.05, 3.63) is 39.4 Å². The van der Waals surface area contributed by atoms with Crippen molar-refractivity contribution < 1.29 is 4.92 Å². The predicted octanol–water partition coefficient (Wildman–Crippen LogP) is 2.55. The number of hydrogen-bond acceptors (Lipinski definition) is 3. The SMILES string of the molecule is Cc1ccc(CNC2CCC2)cc1[N+](=O)[O-]. The van der Waals surface area contributed by atoms with Crippen LogP contribution in [0.4, 0.5) is 5.69 Å². The van der Waals surface area contributed by atoms with Gasteiger partial charge in [0, 0.05) is 24.2 Å². The molecule has 1 aliphatic carbocycles. The Kier molecular flexibility index (Phi) is 3.19. The quantitative estimate of drug-likeness (QED) is 0.626. The van der Waals surface area contributed by atoms with E-state index in [1.54, 1.807) is 13.0 Å². The predicted molar refractivity (Wildman–Crippen MR) is 62.3 cm³/mol. The summed E-state index contributed by atoms with van der Waals surface area (Å²) in [5.74, 6) is 0. The second kappa shape index (κ2) is 4.61. The zero-order valence-corrected chi connectivity index (χ0v) is 9.40. The van der Waals surface area contributed by atoms with Crippen LogP contribution in [-0.2, 0) is 6.54 Å². The monoisotopic (exact) mass is 220 g/mol. The van der Waals surface area contributed by atoms with Crippen LogP contribution in [0.2, 0.25) is 0 Å². The topological polar surface area (TPSA) is 55.2 Å². The maximum absolute atomic E-state index is 10.8. The first-order valence-electron chi connectivity index (χ1n) is 5.64. The van der Waals surface area contributed by atoms with Gasteiger partial charge in [0.25, 0.3) is 5.69 Å². The van der Waals surface area contributed by atoms with Gasteiger partial charge in [-0.1, -0.05) is 18.6 Å². The fourth-order valence-electron chi connectivity index (χ4n) is 1.84. The van der Waals surface area contributed by atoms with Gasteiger partial charge in [-0.15, -0.1) is 0 Å². The molecule has 4 heteroatoms. The summed E-state index contributed by atoms with van der Waals surface area (Å²) in [4.78, 5) is 10.4. The fraction of sp³-hybridized carbons (Fsp3) is 0.500. The fourth-order valence-corrected chi connectivity index (χ4v) is 1.84. The van der Waals surface area contributed by atoms with E-state index >= 15 is 0 Å². The molecule has 0 heterocycles. The van der Waals surface area contributed by atoms with Crippen molar-refractivity contribution in [2.24, 2.45) is 0 Å². The molecule has 86 valence electrons. The van der Waals surface area contributed by atoms with Crippen LogP contribution in [0.15, 0.2) is 18.2 Å². The summed E-state index contributed by atoms with van der Waals surface area (Å²) in [6.45, 7) is 2.49. The summed E-state index contributed by atoms with van der Waals surface area (Å²) in [6.07, 6.45) is 3.76. The number of rotatable bonds is 4. The minimum absolute atomic E-state index is 0.216. The van der Waals surface area contributed by atoms with Gasteiger partial charge in [-0.3, -0.25) is 10.1 Å². The van der Waals surface area contributed by atoms with Crippen LogP contribution in [0.5, 0.6) is 0 Å². The molecule has 0 amide bonds. The van der Waals surface area contributed by atoms with E-state index in [1.165, 1.54) is 19.3 Å². The van der Waals surface area contributed by atoms with E-state index in [4.69, 9.17) is 0 Å². The van der Waals surface area contributed by atoms with Crippen molar-refractivity contribution in [3.8, 4) is 0 Å². The molecule has 1 aliphatic rings. The third-order valence-electron chi connectivity index (χ3n) is 3.17. The molecule has 0 spiro atoms. The maximum Gasteiger partial charge on any atom is 0.272 e. The highest BCUT2D eigenvalue weighted by molar-refractivity contribution is 5.42. The molecule has 1 aromatic rings. The highest BCUT2D eigenvalue weighted by atomic mass is 16.6. The van der Waals surface area contributed by atoms with Crippen LogP contribution in [0, 0.1) is 17.0 Å². The largest absolute Gasteiger partial charge is 0.310 e. The van der Waals surface area contributed by atoms with Crippen molar-refractivity contribution in [2.45, 2.75) is 38.8 Å². The van der Waals surface area contributed by atoms with Crippen molar-refractivity contribution in [3.63, 3.8) is 0 Å². The summed E-state index contributed by atoms with van der Waals surface area (Å²) >= 11 is 0. The molecule has 1 fully saturated rings. The van der Waals surface area contributed by atoms with E-state index in [-0.39, 0.29) is 10.6 Å². The molecule has 0 aliphatic heterocycles. The van der Waals surface area contributed by atoms with Gasteiger partial charge in [-0.05, 0) is 25.3 Å². The standard InChI is InChI=1S/C12H16N2O2/c1-9-5-6-10(7-12(9)14(15)16)8-13-11-3-2-4-11/h5-7,11,13H,2-4,8H2,1H3. The Morgan fingerprint density at radius 1 is 1.50 bits per heavy atom. The molecule has 1 aromatic carbocycles. The molecule has 2 rings (SSSR count). The molecule has 0 atom stereocenters. The highest BCUT2D eigenvalue weighted by Crippen LogP contribution is 2.21. The van der Waals surface area contributed by atoms with Crippen LogP contribution in [0.1, 0.15) is 30.4 Å². The van der Waals surface area contributed by atoms with Gasteiger partial charge in [0.15, 0.2) is 0 Å². The molecule has 1 N–H and O–H groups in total. The zero-order chi connectivity index (χ0) is 11.5. The summed E-state index contributed by atoms with van der Waals surface area (Å²) in [5.41, 5.74) is 1.93. The van der Waals surface area contributed by atoms with Crippen molar-refractivity contribution in [1.82, 2.24) is 5.32 Å². The minimum atomic E-state index is -0.317. The molecule has 4 nitrogen and oxygen atoms in total. The third-order valence-corrected chi connectivity index (χ3v) is 3.17. The summed E-state index contributed by atoms with van der Waals surface area (Å²) in [5, 5.41) is 14.2. The lowest BCUT2D eigenvalue weighted by Crippen LogP contribution is -2.34. The molecule has 0 saturated heterocycles. The van der Waals surface area contributed by atoms with Crippen molar-refractivity contribution >= 4 is 5.69 Å². The smallest absolute Gasteiger partial charge is 0.272 e. The first kappa shape index (κ1) is 11.1. The molecule has 16 heavy (non-hydrogen) atoms. The van der Waals surface area contributed by atoms with E-state index in [9.17, 15) is 10.1 Å². The van der Waals surface area contributed by atoms with E-state index in [1.807, 2.05) is 12.1 Å². The van der Waals surface area contributed by atoms with Gasteiger partial charge < -0.3 is 5.32 Å². The average molecular weight is 220 g/mol. The maximum atomic E-state index is 10.8.